The van der Waals surface area contributed by atoms with Gasteiger partial charge < -0.3 is 5.32 Å². The van der Waals surface area contributed by atoms with Crippen molar-refractivity contribution >= 4 is 54.9 Å². The molecule has 11 heteroatoms. The predicted molar refractivity (Wildman–Crippen MR) is 145 cm³/mol. The van der Waals surface area contributed by atoms with E-state index in [1.54, 1.807) is 10.7 Å². The number of carbonyl (C=O) groups is 1. The number of benzene rings is 2. The van der Waals surface area contributed by atoms with Crippen LogP contribution in [0.2, 0.25) is 5.02 Å². The van der Waals surface area contributed by atoms with E-state index in [9.17, 15) is 13.2 Å². The molecule has 2 aromatic heterocycles. The summed E-state index contributed by atoms with van der Waals surface area (Å²) in [6.07, 6.45) is 1.46. The van der Waals surface area contributed by atoms with Crippen molar-refractivity contribution in [2.24, 2.45) is 0 Å². The average Bonchev–Trinajstić information content (AvgIpc) is 3.46. The van der Waals surface area contributed by atoms with Crippen LogP contribution >= 0.6 is 22.9 Å². The SMILES string of the molecule is CCCN(CCC)S(=O)(=O)c1ccc(C(=O)Nc2cc(C)nn2-c2nc3c(C)ccc(Cl)c3s2)cc1. The number of carbonyl (C=O) groups excluding carboxylic acids is 1. The number of hydrogen-bond acceptors (Lipinski definition) is 6. The summed E-state index contributed by atoms with van der Waals surface area (Å²) in [7, 11) is -3.62. The molecule has 2 aromatic carbocycles. The highest BCUT2D eigenvalue weighted by atomic mass is 35.5. The van der Waals surface area contributed by atoms with Gasteiger partial charge in [-0.3, -0.25) is 4.79 Å². The lowest BCUT2D eigenvalue weighted by atomic mass is 10.2. The fourth-order valence-corrected chi connectivity index (χ4v) is 6.79. The minimum atomic E-state index is -3.62. The van der Waals surface area contributed by atoms with E-state index in [1.165, 1.54) is 39.9 Å². The van der Waals surface area contributed by atoms with Gasteiger partial charge in [0.1, 0.15) is 5.82 Å². The van der Waals surface area contributed by atoms with Gasteiger partial charge in [0.2, 0.25) is 15.2 Å². The number of nitrogens with zero attached hydrogens (tertiary/aromatic N) is 4. The summed E-state index contributed by atoms with van der Waals surface area (Å²) in [5.41, 5.74) is 2.84. The van der Waals surface area contributed by atoms with E-state index in [1.807, 2.05) is 39.8 Å². The van der Waals surface area contributed by atoms with Gasteiger partial charge in [0.15, 0.2) is 0 Å². The van der Waals surface area contributed by atoms with Crippen LogP contribution in [0, 0.1) is 13.8 Å². The van der Waals surface area contributed by atoms with Crippen molar-refractivity contribution in [2.75, 3.05) is 18.4 Å². The van der Waals surface area contributed by atoms with E-state index in [2.05, 4.69) is 10.4 Å². The van der Waals surface area contributed by atoms with Crippen molar-refractivity contribution in [1.29, 1.82) is 0 Å². The molecule has 0 aliphatic rings. The number of halogens is 1. The van der Waals surface area contributed by atoms with Crippen LogP contribution in [0.1, 0.15) is 48.3 Å². The average molecular weight is 546 g/mol. The van der Waals surface area contributed by atoms with Gasteiger partial charge in [-0.05, 0) is 62.6 Å². The van der Waals surface area contributed by atoms with Gasteiger partial charge in [-0.1, -0.05) is 42.9 Å². The molecule has 8 nitrogen and oxygen atoms in total. The van der Waals surface area contributed by atoms with Gasteiger partial charge in [-0.15, -0.1) is 0 Å². The van der Waals surface area contributed by atoms with Gasteiger partial charge in [0, 0.05) is 24.7 Å². The zero-order valence-electron chi connectivity index (χ0n) is 20.6. The molecule has 0 atom stereocenters. The molecule has 0 aliphatic carbocycles. The maximum absolute atomic E-state index is 13.0. The second-order valence-corrected chi connectivity index (χ2v) is 11.8. The third-order valence-corrected chi connectivity index (χ3v) is 9.04. The molecule has 0 unspecified atom stereocenters. The Kier molecular flexibility index (Phi) is 7.79. The first-order valence-corrected chi connectivity index (χ1v) is 14.3. The fourth-order valence-electron chi connectivity index (χ4n) is 3.88. The molecule has 1 N–H and O–H groups in total. The van der Waals surface area contributed by atoms with Gasteiger partial charge in [0.25, 0.3) is 5.91 Å². The Morgan fingerprint density at radius 2 is 1.75 bits per heavy atom. The van der Waals surface area contributed by atoms with E-state index in [0.29, 0.717) is 40.3 Å². The summed E-state index contributed by atoms with van der Waals surface area (Å²) in [5, 5.41) is 8.57. The molecular formula is C25H28ClN5O3S2. The van der Waals surface area contributed by atoms with E-state index >= 15 is 0 Å². The van der Waals surface area contributed by atoms with E-state index < -0.39 is 10.0 Å². The molecule has 0 bridgehead atoms. The van der Waals surface area contributed by atoms with Gasteiger partial charge in [-0.25, -0.2) is 13.4 Å². The maximum Gasteiger partial charge on any atom is 0.256 e. The predicted octanol–water partition coefficient (Wildman–Crippen LogP) is 5.82. The second-order valence-electron chi connectivity index (χ2n) is 8.50. The highest BCUT2D eigenvalue weighted by Gasteiger charge is 2.23. The largest absolute Gasteiger partial charge is 0.306 e. The number of thiazole rings is 1. The molecule has 0 spiro atoms. The maximum atomic E-state index is 13.0. The van der Waals surface area contributed by atoms with Crippen LogP contribution in [-0.4, -0.2) is 46.5 Å². The summed E-state index contributed by atoms with van der Waals surface area (Å²) < 4.78 is 29.9. The minimum Gasteiger partial charge on any atom is -0.306 e. The molecule has 36 heavy (non-hydrogen) atoms. The number of rotatable bonds is 9. The van der Waals surface area contributed by atoms with Gasteiger partial charge in [0.05, 0.1) is 25.8 Å². The number of hydrogen-bond donors (Lipinski definition) is 1. The van der Waals surface area contributed by atoms with Crippen molar-refractivity contribution in [3.63, 3.8) is 0 Å². The van der Waals surface area contributed by atoms with Crippen LogP contribution in [0.5, 0.6) is 0 Å². The molecule has 0 fully saturated rings. The Morgan fingerprint density at radius 3 is 2.36 bits per heavy atom. The number of aromatic nitrogens is 3. The van der Waals surface area contributed by atoms with E-state index in [0.717, 1.165) is 28.6 Å². The molecule has 1 amide bonds. The number of fused-ring (bicyclic) bond motifs is 1. The summed E-state index contributed by atoms with van der Waals surface area (Å²) >= 11 is 7.76. The van der Waals surface area contributed by atoms with Crippen molar-refractivity contribution in [2.45, 2.75) is 45.4 Å². The fraction of sp³-hybridized carbons (Fsp3) is 0.320. The van der Waals surface area contributed by atoms with Crippen molar-refractivity contribution in [3.05, 3.63) is 64.3 Å². The zero-order valence-corrected chi connectivity index (χ0v) is 23.0. The molecule has 2 heterocycles. The Bertz CT molecular complexity index is 1470. The van der Waals surface area contributed by atoms with Crippen LogP contribution in [0.3, 0.4) is 0 Å². The number of nitrogens with one attached hydrogen (secondary N) is 1. The summed E-state index contributed by atoms with van der Waals surface area (Å²) in [6.45, 7) is 8.60. The van der Waals surface area contributed by atoms with Crippen molar-refractivity contribution < 1.29 is 13.2 Å². The summed E-state index contributed by atoms with van der Waals surface area (Å²) in [5.74, 6) is 0.0773. The number of anilines is 1. The topological polar surface area (TPSA) is 97.2 Å². The number of sulfonamides is 1. The molecule has 0 radical (unpaired) electrons. The van der Waals surface area contributed by atoms with Crippen molar-refractivity contribution in [3.8, 4) is 5.13 Å². The van der Waals surface area contributed by atoms with Crippen LogP contribution in [0.4, 0.5) is 5.82 Å². The Balaban J connectivity index is 1.59. The van der Waals surface area contributed by atoms with Crippen LogP contribution < -0.4 is 5.32 Å². The Morgan fingerprint density at radius 1 is 1.08 bits per heavy atom. The first-order chi connectivity index (χ1) is 17.1. The molecule has 190 valence electrons. The normalized spacial score (nSPS) is 11.9. The third-order valence-electron chi connectivity index (χ3n) is 5.64. The van der Waals surface area contributed by atoms with Gasteiger partial charge >= 0.3 is 0 Å². The van der Waals surface area contributed by atoms with Crippen LogP contribution in [0.15, 0.2) is 47.4 Å². The lowest BCUT2D eigenvalue weighted by Crippen LogP contribution is -2.32. The molecule has 0 saturated heterocycles. The van der Waals surface area contributed by atoms with Crippen molar-refractivity contribution in [1.82, 2.24) is 19.1 Å². The van der Waals surface area contributed by atoms with Crippen LogP contribution in [0.25, 0.3) is 15.3 Å². The molecule has 0 saturated carbocycles. The van der Waals surface area contributed by atoms with Crippen LogP contribution in [-0.2, 0) is 10.0 Å². The lowest BCUT2D eigenvalue weighted by molar-refractivity contribution is 0.102. The highest BCUT2D eigenvalue weighted by Crippen LogP contribution is 2.34. The molecular weight excluding hydrogens is 518 g/mol. The molecule has 4 aromatic rings. The smallest absolute Gasteiger partial charge is 0.256 e. The van der Waals surface area contributed by atoms with E-state index in [4.69, 9.17) is 16.6 Å². The monoisotopic (exact) mass is 545 g/mol. The molecule has 4 rings (SSSR count). The highest BCUT2D eigenvalue weighted by molar-refractivity contribution is 7.89. The summed E-state index contributed by atoms with van der Waals surface area (Å²) in [6, 6.07) is 11.5. The third kappa shape index (κ3) is 5.17. The van der Waals surface area contributed by atoms with E-state index in [-0.39, 0.29) is 10.8 Å². The standard InChI is InChI=1S/C25H28ClN5O3S2/c1-5-13-30(14-6-2)36(33,34)19-10-8-18(9-11-19)24(32)27-21-15-17(4)29-31(21)25-28-22-16(3)7-12-20(26)23(22)35-25/h7-12,15H,5-6,13-14H2,1-4H3,(H,27,32). The Labute approximate surface area is 220 Å². The first-order valence-electron chi connectivity index (χ1n) is 11.7. The molecule has 0 aliphatic heterocycles. The lowest BCUT2D eigenvalue weighted by Gasteiger charge is -2.21. The number of amides is 1. The first kappa shape index (κ1) is 26.3. The zero-order chi connectivity index (χ0) is 26.0. The summed E-state index contributed by atoms with van der Waals surface area (Å²) in [4.78, 5) is 17.9. The Hall–Kier alpha value is -2.79. The second kappa shape index (κ2) is 10.7. The minimum absolute atomic E-state index is 0.170. The quantitative estimate of drug-likeness (QED) is 0.286. The van der Waals surface area contributed by atoms with Gasteiger partial charge in [-0.2, -0.15) is 14.1 Å². The number of aryl methyl sites for hydroxylation is 2.